The zero-order chi connectivity index (χ0) is 19.9. The molecule has 0 radical (unpaired) electrons. The highest BCUT2D eigenvalue weighted by atomic mass is 16.5. The van der Waals surface area contributed by atoms with Gasteiger partial charge in [-0.2, -0.15) is 0 Å². The minimum absolute atomic E-state index is 0.139. The van der Waals surface area contributed by atoms with Gasteiger partial charge in [0.1, 0.15) is 11.5 Å². The number of hydrogen-bond acceptors (Lipinski definition) is 4. The minimum Gasteiger partial charge on any atom is -0.494 e. The minimum atomic E-state index is -0.557. The Hall–Kier alpha value is -3.02. The lowest BCUT2D eigenvalue weighted by Crippen LogP contribution is -2.45. The second kappa shape index (κ2) is 9.26. The van der Waals surface area contributed by atoms with Crippen molar-refractivity contribution in [3.63, 3.8) is 0 Å². The molecule has 1 N–H and O–H groups in total. The average molecular weight is 382 g/mol. The molecule has 3 rings (SSSR count). The van der Waals surface area contributed by atoms with Gasteiger partial charge in [-0.05, 0) is 49.7 Å². The lowest BCUT2D eigenvalue weighted by molar-refractivity contribution is -0.125. The van der Waals surface area contributed by atoms with Crippen LogP contribution in [0, 0.1) is 0 Å². The summed E-state index contributed by atoms with van der Waals surface area (Å²) in [5.74, 6) is 1.16. The number of para-hydroxylation sites is 2. The molecular formula is C22H26N2O4. The van der Waals surface area contributed by atoms with Crippen LogP contribution in [-0.4, -0.2) is 31.1 Å². The first-order valence-corrected chi connectivity index (χ1v) is 9.68. The van der Waals surface area contributed by atoms with Gasteiger partial charge in [-0.3, -0.25) is 9.59 Å². The fraction of sp³-hybridized carbons (Fsp3) is 0.364. The van der Waals surface area contributed by atoms with E-state index < -0.39 is 6.10 Å². The van der Waals surface area contributed by atoms with Gasteiger partial charge in [0.2, 0.25) is 5.91 Å². The number of nitrogens with zero attached hydrogens (tertiary/aromatic N) is 1. The number of anilines is 2. The van der Waals surface area contributed by atoms with Gasteiger partial charge in [0.25, 0.3) is 5.91 Å². The second-order valence-corrected chi connectivity index (χ2v) is 6.74. The number of hydrogen-bond donors (Lipinski definition) is 1. The molecule has 2 amide bonds. The number of unbranched alkanes of at least 4 members (excludes halogenated alkanes) is 1. The van der Waals surface area contributed by atoms with E-state index in [0.29, 0.717) is 30.3 Å². The van der Waals surface area contributed by atoms with Crippen LogP contribution in [0.1, 0.15) is 33.1 Å². The Kier molecular flexibility index (Phi) is 6.53. The molecule has 28 heavy (non-hydrogen) atoms. The molecule has 0 spiro atoms. The van der Waals surface area contributed by atoms with E-state index in [1.165, 1.54) is 0 Å². The van der Waals surface area contributed by atoms with Crippen molar-refractivity contribution in [1.82, 2.24) is 0 Å². The first-order valence-electron chi connectivity index (χ1n) is 9.68. The van der Waals surface area contributed by atoms with Crippen molar-refractivity contribution in [1.29, 1.82) is 0 Å². The van der Waals surface area contributed by atoms with Crippen LogP contribution in [0.25, 0.3) is 0 Å². The van der Waals surface area contributed by atoms with Crippen molar-refractivity contribution in [2.75, 3.05) is 23.4 Å². The number of carbonyl (C=O) groups excluding carboxylic acids is 2. The van der Waals surface area contributed by atoms with Gasteiger partial charge in [0, 0.05) is 18.7 Å². The molecule has 1 heterocycles. The predicted molar refractivity (Wildman–Crippen MR) is 109 cm³/mol. The number of fused-ring (bicyclic) bond motifs is 1. The highest BCUT2D eigenvalue weighted by Gasteiger charge is 2.31. The largest absolute Gasteiger partial charge is 0.494 e. The molecular weight excluding hydrogens is 356 g/mol. The molecule has 0 aromatic heterocycles. The number of carbonyl (C=O) groups is 2. The van der Waals surface area contributed by atoms with E-state index in [1.54, 1.807) is 11.8 Å². The van der Waals surface area contributed by atoms with Crippen molar-refractivity contribution >= 4 is 23.2 Å². The fourth-order valence-corrected chi connectivity index (χ4v) is 3.00. The van der Waals surface area contributed by atoms with Crippen molar-refractivity contribution in [3.8, 4) is 11.5 Å². The molecule has 0 bridgehead atoms. The molecule has 0 saturated heterocycles. The Morgan fingerprint density at radius 2 is 1.93 bits per heavy atom. The number of benzene rings is 2. The van der Waals surface area contributed by atoms with Crippen LogP contribution < -0.4 is 19.7 Å². The van der Waals surface area contributed by atoms with Crippen LogP contribution in [-0.2, 0) is 9.59 Å². The van der Waals surface area contributed by atoms with Crippen LogP contribution in [0.4, 0.5) is 11.4 Å². The standard InChI is InChI=1S/C22H26N2O4/c1-3-4-15-27-18-11-9-17(10-12-18)23-21(25)13-14-24-19-7-5-6-8-20(19)28-16(2)22(24)26/h5-12,16H,3-4,13-15H2,1-2H3,(H,23,25). The molecule has 1 aliphatic heterocycles. The summed E-state index contributed by atoms with van der Waals surface area (Å²) in [6.07, 6.45) is 1.74. The van der Waals surface area contributed by atoms with Crippen LogP contribution in [0.2, 0.25) is 0 Å². The van der Waals surface area contributed by atoms with Crippen LogP contribution >= 0.6 is 0 Å². The maximum Gasteiger partial charge on any atom is 0.267 e. The van der Waals surface area contributed by atoms with E-state index in [-0.39, 0.29) is 18.2 Å². The lowest BCUT2D eigenvalue weighted by atomic mass is 10.1. The first-order chi connectivity index (χ1) is 13.6. The molecule has 0 fully saturated rings. The molecule has 0 saturated carbocycles. The maximum atomic E-state index is 12.5. The number of ether oxygens (including phenoxy) is 2. The first kappa shape index (κ1) is 19.7. The summed E-state index contributed by atoms with van der Waals surface area (Å²) >= 11 is 0. The lowest BCUT2D eigenvalue weighted by Gasteiger charge is -2.32. The van der Waals surface area contributed by atoms with Gasteiger partial charge in [0.05, 0.1) is 12.3 Å². The fourth-order valence-electron chi connectivity index (χ4n) is 3.00. The van der Waals surface area contributed by atoms with Gasteiger partial charge in [-0.1, -0.05) is 25.5 Å². The topological polar surface area (TPSA) is 67.9 Å². The maximum absolute atomic E-state index is 12.5. The molecule has 2 aromatic carbocycles. The van der Waals surface area contributed by atoms with Crippen LogP contribution in [0.3, 0.4) is 0 Å². The highest BCUT2D eigenvalue weighted by molar-refractivity contribution is 6.00. The Morgan fingerprint density at radius 3 is 2.68 bits per heavy atom. The summed E-state index contributed by atoms with van der Waals surface area (Å²) in [7, 11) is 0. The molecule has 148 valence electrons. The predicted octanol–water partition coefficient (Wildman–Crippen LogP) is 4.01. The van der Waals surface area contributed by atoms with Gasteiger partial charge in [-0.25, -0.2) is 0 Å². The zero-order valence-electron chi connectivity index (χ0n) is 16.3. The van der Waals surface area contributed by atoms with Crippen molar-refractivity contribution in [2.45, 2.75) is 39.2 Å². The zero-order valence-corrected chi connectivity index (χ0v) is 16.3. The van der Waals surface area contributed by atoms with Gasteiger partial charge in [-0.15, -0.1) is 0 Å². The van der Waals surface area contributed by atoms with Gasteiger partial charge < -0.3 is 19.7 Å². The van der Waals surface area contributed by atoms with Crippen molar-refractivity contribution in [3.05, 3.63) is 48.5 Å². The molecule has 1 unspecified atom stereocenters. The quantitative estimate of drug-likeness (QED) is 0.701. The van der Waals surface area contributed by atoms with E-state index in [4.69, 9.17) is 9.47 Å². The summed E-state index contributed by atoms with van der Waals surface area (Å²) < 4.78 is 11.2. The number of nitrogens with one attached hydrogen (secondary N) is 1. The van der Waals surface area contributed by atoms with Gasteiger partial charge >= 0.3 is 0 Å². The number of amides is 2. The third-order valence-corrected chi connectivity index (χ3v) is 4.54. The summed E-state index contributed by atoms with van der Waals surface area (Å²) in [4.78, 5) is 26.4. The Balaban J connectivity index is 1.55. The third kappa shape index (κ3) is 4.82. The average Bonchev–Trinajstić information content (AvgIpc) is 2.70. The van der Waals surface area contributed by atoms with Crippen molar-refractivity contribution in [2.24, 2.45) is 0 Å². The third-order valence-electron chi connectivity index (χ3n) is 4.54. The van der Waals surface area contributed by atoms with Crippen LogP contribution in [0.15, 0.2) is 48.5 Å². The normalized spacial score (nSPS) is 15.6. The summed E-state index contributed by atoms with van der Waals surface area (Å²) in [6, 6.07) is 14.7. The van der Waals surface area contributed by atoms with E-state index in [1.807, 2.05) is 48.5 Å². The number of rotatable bonds is 8. The summed E-state index contributed by atoms with van der Waals surface area (Å²) in [5, 5.41) is 2.86. The smallest absolute Gasteiger partial charge is 0.267 e. The molecule has 1 atom stereocenters. The molecule has 6 heteroatoms. The van der Waals surface area contributed by atoms with E-state index in [9.17, 15) is 9.59 Å². The highest BCUT2D eigenvalue weighted by Crippen LogP contribution is 2.33. The van der Waals surface area contributed by atoms with Crippen molar-refractivity contribution < 1.29 is 19.1 Å². The Bertz CT molecular complexity index is 820. The molecule has 6 nitrogen and oxygen atoms in total. The SMILES string of the molecule is CCCCOc1ccc(NC(=O)CCN2C(=O)C(C)Oc3ccccc32)cc1. The molecule has 0 aliphatic carbocycles. The van der Waals surface area contributed by atoms with Crippen LogP contribution in [0.5, 0.6) is 11.5 Å². The van der Waals surface area contributed by atoms with E-state index in [2.05, 4.69) is 12.2 Å². The molecule has 1 aliphatic rings. The summed E-state index contributed by atoms with van der Waals surface area (Å²) in [5.41, 5.74) is 1.40. The monoisotopic (exact) mass is 382 g/mol. The van der Waals surface area contributed by atoms with E-state index in [0.717, 1.165) is 18.6 Å². The van der Waals surface area contributed by atoms with Gasteiger partial charge in [0.15, 0.2) is 6.10 Å². The Morgan fingerprint density at radius 1 is 1.18 bits per heavy atom. The second-order valence-electron chi connectivity index (χ2n) is 6.74. The van der Waals surface area contributed by atoms with E-state index >= 15 is 0 Å². The molecule has 2 aromatic rings. The Labute approximate surface area is 165 Å². The summed E-state index contributed by atoms with van der Waals surface area (Å²) in [6.45, 7) is 4.82.